The normalized spacial score (nSPS) is 12.4. The van der Waals surface area contributed by atoms with Crippen LogP contribution in [0, 0.1) is 0 Å². The van der Waals surface area contributed by atoms with Crippen molar-refractivity contribution in [2.75, 3.05) is 20.2 Å². The molecule has 0 bridgehead atoms. The number of nitrogens with one attached hydrogen (secondary N) is 1. The van der Waals surface area contributed by atoms with Crippen LogP contribution >= 0.6 is 11.6 Å². The van der Waals surface area contributed by atoms with Gasteiger partial charge in [0.05, 0.1) is 24.1 Å². The fraction of sp³-hybridized carbons (Fsp3) is 0.208. The quantitative estimate of drug-likeness (QED) is 0.504. The lowest BCUT2D eigenvalue weighted by Crippen LogP contribution is -2.40. The van der Waals surface area contributed by atoms with Gasteiger partial charge in [-0.1, -0.05) is 54.1 Å². The van der Waals surface area contributed by atoms with E-state index < -0.39 is 22.0 Å². The second-order valence-corrected chi connectivity index (χ2v) is 9.61. The van der Waals surface area contributed by atoms with Gasteiger partial charge < -0.3 is 10.1 Å². The third-order valence-electron chi connectivity index (χ3n) is 4.85. The second-order valence-electron chi connectivity index (χ2n) is 7.13. The maximum Gasteiger partial charge on any atom is 0.243 e. The van der Waals surface area contributed by atoms with E-state index in [2.05, 4.69) is 5.32 Å². The van der Waals surface area contributed by atoms with Crippen molar-refractivity contribution < 1.29 is 17.9 Å². The number of benzene rings is 3. The molecule has 1 N–H and O–H groups in total. The molecule has 8 heteroatoms. The molecule has 0 spiro atoms. The maximum atomic E-state index is 12.8. The Kier molecular flexibility index (Phi) is 7.90. The topological polar surface area (TPSA) is 75.7 Å². The van der Waals surface area contributed by atoms with E-state index in [0.29, 0.717) is 11.6 Å². The molecule has 0 heterocycles. The monoisotopic (exact) mass is 472 g/mol. The highest BCUT2D eigenvalue weighted by atomic mass is 35.5. The zero-order valence-electron chi connectivity index (χ0n) is 17.9. The van der Waals surface area contributed by atoms with Gasteiger partial charge in [-0.3, -0.25) is 4.79 Å². The van der Waals surface area contributed by atoms with Crippen LogP contribution in [0.5, 0.6) is 5.75 Å². The van der Waals surface area contributed by atoms with Crippen LogP contribution in [0.4, 0.5) is 0 Å². The predicted molar refractivity (Wildman–Crippen MR) is 125 cm³/mol. The average Bonchev–Trinajstić information content (AvgIpc) is 2.79. The molecular formula is C24H25ClN2O4S. The van der Waals surface area contributed by atoms with Gasteiger partial charge in [-0.15, -0.1) is 0 Å². The van der Waals surface area contributed by atoms with E-state index in [9.17, 15) is 13.2 Å². The molecule has 0 aromatic heterocycles. The lowest BCUT2D eigenvalue weighted by Gasteiger charge is -2.22. The number of carbonyl (C=O) groups is 1. The van der Waals surface area contributed by atoms with Crippen molar-refractivity contribution in [2.45, 2.75) is 17.9 Å². The lowest BCUT2D eigenvalue weighted by molar-refractivity contribution is -0.121. The van der Waals surface area contributed by atoms with E-state index >= 15 is 0 Å². The Balaban J connectivity index is 1.78. The second kappa shape index (κ2) is 10.6. The van der Waals surface area contributed by atoms with Crippen LogP contribution in [-0.4, -0.2) is 38.8 Å². The molecule has 0 aliphatic heterocycles. The molecule has 3 aromatic rings. The summed E-state index contributed by atoms with van der Waals surface area (Å²) in [4.78, 5) is 12.9. The first-order chi connectivity index (χ1) is 15.3. The van der Waals surface area contributed by atoms with E-state index in [1.165, 1.54) is 31.3 Å². The fourth-order valence-corrected chi connectivity index (χ4v) is 4.46. The molecule has 0 aliphatic carbocycles. The van der Waals surface area contributed by atoms with Crippen molar-refractivity contribution >= 4 is 27.5 Å². The van der Waals surface area contributed by atoms with Crippen LogP contribution in [0.3, 0.4) is 0 Å². The van der Waals surface area contributed by atoms with Gasteiger partial charge in [0.2, 0.25) is 15.9 Å². The van der Waals surface area contributed by atoms with Crippen LogP contribution in [-0.2, 0) is 14.8 Å². The highest BCUT2D eigenvalue weighted by Crippen LogP contribution is 2.24. The van der Waals surface area contributed by atoms with Crippen LogP contribution in [0.15, 0.2) is 83.8 Å². The summed E-state index contributed by atoms with van der Waals surface area (Å²) < 4.78 is 32.1. The molecule has 3 aromatic carbocycles. The zero-order chi connectivity index (χ0) is 23.1. The number of sulfonamides is 1. The van der Waals surface area contributed by atoms with Crippen molar-refractivity contribution in [1.82, 2.24) is 9.62 Å². The molecule has 6 nitrogen and oxygen atoms in total. The van der Waals surface area contributed by atoms with Gasteiger partial charge in [-0.05, 0) is 54.4 Å². The summed E-state index contributed by atoms with van der Waals surface area (Å²) in [6.45, 7) is 2.15. The number of carbonyl (C=O) groups excluding carboxylic acids is 1. The summed E-state index contributed by atoms with van der Waals surface area (Å²) in [6, 6.07) is 22.4. The Labute approximate surface area is 193 Å². The summed E-state index contributed by atoms with van der Waals surface area (Å²) in [5, 5.41) is 3.39. The molecular weight excluding hydrogens is 448 g/mol. The average molecular weight is 473 g/mol. The summed E-state index contributed by atoms with van der Waals surface area (Å²) in [6.07, 6.45) is 0. The van der Waals surface area contributed by atoms with Gasteiger partial charge in [-0.25, -0.2) is 8.42 Å². The lowest BCUT2D eigenvalue weighted by atomic mass is 9.98. The van der Waals surface area contributed by atoms with Crippen LogP contribution < -0.4 is 10.1 Å². The first-order valence-corrected chi connectivity index (χ1v) is 11.9. The van der Waals surface area contributed by atoms with Crippen molar-refractivity contribution in [1.29, 1.82) is 0 Å². The SMILES string of the molecule is CCOc1ccc(C(NC(=O)CN(C)S(=O)(=O)c2ccc(Cl)cc2)c2ccccc2)cc1. The minimum absolute atomic E-state index is 0.0725. The summed E-state index contributed by atoms with van der Waals surface area (Å²) in [5.74, 6) is 0.316. The Bertz CT molecular complexity index is 1130. The number of nitrogens with zero attached hydrogens (tertiary/aromatic N) is 1. The van der Waals surface area contributed by atoms with Gasteiger partial charge in [0.15, 0.2) is 0 Å². The van der Waals surface area contributed by atoms with Crippen molar-refractivity contribution in [3.63, 3.8) is 0 Å². The van der Waals surface area contributed by atoms with Crippen molar-refractivity contribution in [2.24, 2.45) is 0 Å². The number of hydrogen-bond acceptors (Lipinski definition) is 4. The summed E-state index contributed by atoms with van der Waals surface area (Å²) >= 11 is 5.85. The van der Waals surface area contributed by atoms with E-state index in [4.69, 9.17) is 16.3 Å². The maximum absolute atomic E-state index is 12.8. The largest absolute Gasteiger partial charge is 0.494 e. The number of likely N-dealkylation sites (N-methyl/N-ethyl adjacent to an activating group) is 1. The number of halogens is 1. The van der Waals surface area contributed by atoms with E-state index in [1.54, 1.807) is 0 Å². The molecule has 0 aliphatic rings. The molecule has 0 radical (unpaired) electrons. The number of hydrogen-bond donors (Lipinski definition) is 1. The molecule has 168 valence electrons. The van der Waals surface area contributed by atoms with E-state index in [-0.39, 0.29) is 11.4 Å². The van der Waals surface area contributed by atoms with Gasteiger partial charge in [-0.2, -0.15) is 4.31 Å². The smallest absolute Gasteiger partial charge is 0.243 e. The van der Waals surface area contributed by atoms with Crippen LogP contribution in [0.1, 0.15) is 24.1 Å². The summed E-state index contributed by atoms with van der Waals surface area (Å²) in [5.41, 5.74) is 1.74. The third-order valence-corrected chi connectivity index (χ3v) is 6.92. The van der Waals surface area contributed by atoms with Crippen LogP contribution in [0.2, 0.25) is 5.02 Å². The first kappa shape index (κ1) is 23.8. The molecule has 3 rings (SSSR count). The molecule has 32 heavy (non-hydrogen) atoms. The third kappa shape index (κ3) is 5.88. The van der Waals surface area contributed by atoms with Crippen LogP contribution in [0.25, 0.3) is 0 Å². The van der Waals surface area contributed by atoms with E-state index in [0.717, 1.165) is 21.2 Å². The van der Waals surface area contributed by atoms with Crippen molar-refractivity contribution in [3.8, 4) is 5.75 Å². The number of amides is 1. The Morgan fingerprint density at radius 1 is 0.969 bits per heavy atom. The Hall–Kier alpha value is -2.87. The minimum atomic E-state index is -3.83. The zero-order valence-corrected chi connectivity index (χ0v) is 19.4. The first-order valence-electron chi connectivity index (χ1n) is 10.1. The van der Waals surface area contributed by atoms with E-state index in [1.807, 2.05) is 61.5 Å². The standard InChI is InChI=1S/C24H25ClN2O4S/c1-3-31-21-13-9-19(10-14-21)24(18-7-5-4-6-8-18)26-23(28)17-27(2)32(29,30)22-15-11-20(25)12-16-22/h4-16,24H,3,17H2,1-2H3,(H,26,28). The molecule has 0 fully saturated rings. The fourth-order valence-electron chi connectivity index (χ4n) is 3.21. The minimum Gasteiger partial charge on any atom is -0.494 e. The summed E-state index contributed by atoms with van der Waals surface area (Å²) in [7, 11) is -2.46. The van der Waals surface area contributed by atoms with Gasteiger partial charge in [0.25, 0.3) is 0 Å². The molecule has 1 atom stereocenters. The van der Waals surface area contributed by atoms with Gasteiger partial charge in [0, 0.05) is 12.1 Å². The number of ether oxygens (including phenoxy) is 1. The Morgan fingerprint density at radius 3 is 2.16 bits per heavy atom. The molecule has 1 unspecified atom stereocenters. The molecule has 0 saturated heterocycles. The Morgan fingerprint density at radius 2 is 1.56 bits per heavy atom. The highest BCUT2D eigenvalue weighted by Gasteiger charge is 2.25. The highest BCUT2D eigenvalue weighted by molar-refractivity contribution is 7.89. The molecule has 0 saturated carbocycles. The number of rotatable bonds is 9. The van der Waals surface area contributed by atoms with Gasteiger partial charge in [0.1, 0.15) is 5.75 Å². The molecule has 1 amide bonds. The van der Waals surface area contributed by atoms with Gasteiger partial charge >= 0.3 is 0 Å². The van der Waals surface area contributed by atoms with Crippen molar-refractivity contribution in [3.05, 3.63) is 95.0 Å². The predicted octanol–water partition coefficient (Wildman–Crippen LogP) is 4.27.